The molecule has 3 rings (SSSR count). The lowest BCUT2D eigenvalue weighted by Gasteiger charge is -2.01. The number of hydrogen-bond donors (Lipinski definition) is 0. The van der Waals surface area contributed by atoms with Crippen molar-refractivity contribution in [1.29, 1.82) is 5.39 Å². The van der Waals surface area contributed by atoms with Gasteiger partial charge in [0.05, 0.1) is 0 Å². The second-order valence-electron chi connectivity index (χ2n) is 3.79. The summed E-state index contributed by atoms with van der Waals surface area (Å²) in [7, 11) is 0. The molecule has 3 aromatic rings. The van der Waals surface area contributed by atoms with Gasteiger partial charge in [0, 0.05) is 12.1 Å². The first-order valence-corrected chi connectivity index (χ1v) is 5.15. The van der Waals surface area contributed by atoms with E-state index in [1.165, 1.54) is 10.8 Å². The molecule has 0 saturated carbocycles. The lowest BCUT2D eigenvalue weighted by atomic mass is 10.0. The minimum absolute atomic E-state index is 0.587. The Labute approximate surface area is 92.8 Å². The van der Waals surface area contributed by atoms with Gasteiger partial charge in [0.15, 0.2) is 4.98 Å². The molecule has 0 radical (unpaired) electrons. The Kier molecular flexibility index (Phi) is 1.84. The Balaban J connectivity index is 2.53. The fourth-order valence-electron chi connectivity index (χ4n) is 2.05. The molecule has 0 bridgehead atoms. The first-order valence-electron chi connectivity index (χ1n) is 5.15. The van der Waals surface area contributed by atoms with E-state index in [1.54, 1.807) is 6.07 Å². The van der Waals surface area contributed by atoms with Crippen LogP contribution in [-0.4, -0.2) is 0 Å². The molecular weight excluding hydrogens is 196 g/mol. The molecule has 2 heteroatoms. The van der Waals surface area contributed by atoms with Crippen LogP contribution in [0, 0.1) is 5.39 Å². The molecule has 0 spiro atoms. The molecule has 0 heterocycles. The number of nitrogens with zero attached hydrogens (tertiary/aromatic N) is 2. The summed E-state index contributed by atoms with van der Waals surface area (Å²) in [4.78, 5) is 3.23. The van der Waals surface area contributed by atoms with Gasteiger partial charge in [-0.15, -0.1) is 0 Å². The minimum Gasteiger partial charge on any atom is -0.0616 e. The van der Waals surface area contributed by atoms with Crippen LogP contribution in [0.5, 0.6) is 0 Å². The van der Waals surface area contributed by atoms with Gasteiger partial charge in [-0.05, 0) is 27.6 Å². The Morgan fingerprint density at radius 2 is 1.44 bits per heavy atom. The molecule has 0 atom stereocenters. The highest BCUT2D eigenvalue weighted by molar-refractivity contribution is 6.08. The number of hydrogen-bond acceptors (Lipinski definition) is 1. The average molecular weight is 205 g/mol. The fraction of sp³-hybridized carbons (Fsp3) is 0. The summed E-state index contributed by atoms with van der Waals surface area (Å²) in [6, 6.07) is 18.1. The van der Waals surface area contributed by atoms with E-state index in [9.17, 15) is 0 Å². The summed E-state index contributed by atoms with van der Waals surface area (Å²) < 4.78 is 0. The molecule has 0 saturated heterocycles. The van der Waals surface area contributed by atoms with Crippen LogP contribution in [0.2, 0.25) is 0 Å². The van der Waals surface area contributed by atoms with Gasteiger partial charge in [-0.1, -0.05) is 36.4 Å². The van der Waals surface area contributed by atoms with E-state index in [2.05, 4.69) is 29.2 Å². The van der Waals surface area contributed by atoms with Crippen molar-refractivity contribution in [1.82, 2.24) is 0 Å². The standard InChI is InChI=1S/C14H9N2/c15-16-12-8-7-11-6-5-10-3-1-2-4-13(10)14(11)9-12/h1-9H/q+1. The summed E-state index contributed by atoms with van der Waals surface area (Å²) in [5, 5.41) is 13.5. The summed E-state index contributed by atoms with van der Waals surface area (Å²) in [5.74, 6) is 0. The quantitative estimate of drug-likeness (QED) is 0.393. The van der Waals surface area contributed by atoms with Crippen LogP contribution in [0.1, 0.15) is 0 Å². The van der Waals surface area contributed by atoms with Crippen molar-refractivity contribution in [3.8, 4) is 0 Å². The van der Waals surface area contributed by atoms with Crippen LogP contribution in [-0.2, 0) is 0 Å². The smallest absolute Gasteiger partial charge is 0.0616 e. The van der Waals surface area contributed by atoms with Crippen molar-refractivity contribution in [2.24, 2.45) is 0 Å². The molecule has 74 valence electrons. The Hall–Kier alpha value is -2.40. The highest BCUT2D eigenvalue weighted by atomic mass is 14.8. The SMILES string of the molecule is N#[N+]c1ccc2ccc3ccccc3c2c1. The molecule has 16 heavy (non-hydrogen) atoms. The van der Waals surface area contributed by atoms with Gasteiger partial charge in [-0.25, -0.2) is 0 Å². The maximum absolute atomic E-state index is 8.79. The number of diazo groups is 1. The second kappa shape index (κ2) is 3.32. The maximum Gasteiger partial charge on any atom is 0.385 e. The lowest BCUT2D eigenvalue weighted by Crippen LogP contribution is -1.76. The Bertz CT molecular complexity index is 723. The zero-order valence-electron chi connectivity index (χ0n) is 8.59. The van der Waals surface area contributed by atoms with E-state index >= 15 is 0 Å². The van der Waals surface area contributed by atoms with Gasteiger partial charge in [-0.2, -0.15) is 0 Å². The lowest BCUT2D eigenvalue weighted by molar-refractivity contribution is 1.47. The highest BCUT2D eigenvalue weighted by Gasteiger charge is 2.07. The van der Waals surface area contributed by atoms with Crippen LogP contribution in [0.4, 0.5) is 5.69 Å². The van der Waals surface area contributed by atoms with Crippen molar-refractivity contribution in [2.45, 2.75) is 0 Å². The summed E-state index contributed by atoms with van der Waals surface area (Å²) >= 11 is 0. The number of rotatable bonds is 0. The topological polar surface area (TPSA) is 28.1 Å². The molecule has 0 unspecified atom stereocenters. The molecule has 0 aromatic heterocycles. The van der Waals surface area contributed by atoms with Gasteiger partial charge in [0.1, 0.15) is 0 Å². The minimum atomic E-state index is 0.587. The third-order valence-corrected chi connectivity index (χ3v) is 2.85. The predicted octanol–water partition coefficient (Wildman–Crippen LogP) is 4.48. The van der Waals surface area contributed by atoms with Crippen molar-refractivity contribution in [3.63, 3.8) is 0 Å². The number of fused-ring (bicyclic) bond motifs is 3. The highest BCUT2D eigenvalue weighted by Crippen LogP contribution is 2.28. The van der Waals surface area contributed by atoms with Gasteiger partial charge < -0.3 is 0 Å². The van der Waals surface area contributed by atoms with E-state index in [-0.39, 0.29) is 0 Å². The van der Waals surface area contributed by atoms with Crippen LogP contribution < -0.4 is 0 Å². The van der Waals surface area contributed by atoms with Gasteiger partial charge in [-0.3, -0.25) is 0 Å². The third kappa shape index (κ3) is 1.23. The monoisotopic (exact) mass is 205 g/mol. The van der Waals surface area contributed by atoms with Gasteiger partial charge in [0.25, 0.3) is 0 Å². The van der Waals surface area contributed by atoms with Crippen molar-refractivity contribution in [3.05, 3.63) is 59.6 Å². The van der Waals surface area contributed by atoms with Crippen LogP contribution in [0.3, 0.4) is 0 Å². The van der Waals surface area contributed by atoms with Gasteiger partial charge in [0.2, 0.25) is 5.39 Å². The van der Waals surface area contributed by atoms with E-state index in [4.69, 9.17) is 5.39 Å². The second-order valence-corrected chi connectivity index (χ2v) is 3.79. The number of benzene rings is 3. The average Bonchev–Trinajstić information content (AvgIpc) is 2.38. The third-order valence-electron chi connectivity index (χ3n) is 2.85. The molecule has 0 aliphatic heterocycles. The maximum atomic E-state index is 8.79. The van der Waals surface area contributed by atoms with Crippen LogP contribution in [0.15, 0.2) is 54.6 Å². The molecule has 0 N–H and O–H groups in total. The van der Waals surface area contributed by atoms with Crippen molar-refractivity contribution < 1.29 is 0 Å². The largest absolute Gasteiger partial charge is 0.385 e. The molecule has 0 amide bonds. The van der Waals surface area contributed by atoms with Crippen molar-refractivity contribution in [2.75, 3.05) is 0 Å². The van der Waals surface area contributed by atoms with E-state index < -0.39 is 0 Å². The normalized spacial score (nSPS) is 10.4. The molecule has 0 fully saturated rings. The Morgan fingerprint density at radius 1 is 0.750 bits per heavy atom. The van der Waals surface area contributed by atoms with E-state index in [0.29, 0.717) is 5.69 Å². The summed E-state index contributed by atoms with van der Waals surface area (Å²) in [6.07, 6.45) is 0. The van der Waals surface area contributed by atoms with Crippen molar-refractivity contribution >= 4 is 27.2 Å². The molecular formula is C14H9N2+. The molecule has 0 aliphatic rings. The summed E-state index contributed by atoms with van der Waals surface area (Å²) in [6.45, 7) is 0. The molecule has 3 aromatic carbocycles. The zero-order valence-corrected chi connectivity index (χ0v) is 8.59. The zero-order chi connectivity index (χ0) is 11.0. The van der Waals surface area contributed by atoms with Crippen LogP contribution >= 0.6 is 0 Å². The first-order chi connectivity index (χ1) is 7.88. The fourth-order valence-corrected chi connectivity index (χ4v) is 2.05. The Morgan fingerprint density at radius 3 is 2.25 bits per heavy atom. The predicted molar refractivity (Wildman–Crippen MR) is 66.2 cm³/mol. The van der Waals surface area contributed by atoms with Gasteiger partial charge >= 0.3 is 5.69 Å². The van der Waals surface area contributed by atoms with E-state index in [1.807, 2.05) is 24.3 Å². The van der Waals surface area contributed by atoms with Crippen LogP contribution in [0.25, 0.3) is 26.5 Å². The summed E-state index contributed by atoms with van der Waals surface area (Å²) in [5.41, 5.74) is 0.587. The van der Waals surface area contributed by atoms with E-state index in [0.717, 1.165) is 10.8 Å². The molecule has 2 nitrogen and oxygen atoms in total. The first kappa shape index (κ1) is 8.87. The molecule has 0 aliphatic carbocycles.